The van der Waals surface area contributed by atoms with E-state index < -0.39 is 29.7 Å². The number of hydrogen-bond acceptors (Lipinski definition) is 8. The molecular formula is C31H31FN4O6. The quantitative estimate of drug-likeness (QED) is 0.229. The molecule has 11 heteroatoms. The number of benzene rings is 3. The van der Waals surface area contributed by atoms with Crippen molar-refractivity contribution in [3.63, 3.8) is 0 Å². The number of amides is 1. The van der Waals surface area contributed by atoms with Crippen molar-refractivity contribution in [2.75, 3.05) is 32.8 Å². The van der Waals surface area contributed by atoms with Gasteiger partial charge in [0.15, 0.2) is 17.3 Å². The molecule has 0 saturated carbocycles. The second-order valence-corrected chi connectivity index (χ2v) is 10.5. The molecule has 2 N–H and O–H groups in total. The average Bonchev–Trinajstić information content (AvgIpc) is 3.65. The fourth-order valence-corrected chi connectivity index (χ4v) is 5.39. The van der Waals surface area contributed by atoms with Crippen LogP contribution in [-0.2, 0) is 11.8 Å². The van der Waals surface area contributed by atoms with Crippen molar-refractivity contribution in [2.45, 2.75) is 25.0 Å². The van der Waals surface area contributed by atoms with Crippen molar-refractivity contribution >= 4 is 22.6 Å². The van der Waals surface area contributed by atoms with Crippen LogP contribution in [0.4, 0.5) is 4.39 Å². The van der Waals surface area contributed by atoms with Gasteiger partial charge in [0.1, 0.15) is 30.8 Å². The molecule has 2 aliphatic rings. The predicted octanol–water partition coefficient (Wildman–Crippen LogP) is 3.77. The zero-order valence-electron chi connectivity index (χ0n) is 23.1. The molecule has 218 valence electrons. The lowest BCUT2D eigenvalue weighted by Gasteiger charge is -2.29. The van der Waals surface area contributed by atoms with E-state index in [0.29, 0.717) is 11.5 Å². The molecule has 1 amide bonds. The first kappa shape index (κ1) is 27.7. The van der Waals surface area contributed by atoms with Crippen molar-refractivity contribution in [1.82, 2.24) is 20.0 Å². The molecule has 0 aliphatic carbocycles. The van der Waals surface area contributed by atoms with Gasteiger partial charge in [-0.3, -0.25) is 14.3 Å². The fraction of sp³-hybridized carbons (Fsp3) is 0.323. The van der Waals surface area contributed by atoms with E-state index in [0.717, 1.165) is 36.8 Å². The third kappa shape index (κ3) is 5.79. The first-order valence-corrected chi connectivity index (χ1v) is 13.9. The molecule has 2 aliphatic heterocycles. The standard InChI is InChI=1S/C31H31FN4O6/c1-35-26-16-23(8-7-20(26)17-33-35)42-22-6-4-5-19(13-22)29(38)31(39)34-25(18-36-9-2-3-10-36)28(37)21-14-24(32)30-27(15-21)40-11-12-41-30/h4-8,13-17,25,28,37H,2-3,9-12,18H2,1H3,(H,34,39). The molecule has 3 heterocycles. The Morgan fingerprint density at radius 1 is 1.07 bits per heavy atom. The molecule has 3 aromatic carbocycles. The number of rotatable bonds is 9. The van der Waals surface area contributed by atoms with E-state index in [1.54, 1.807) is 29.1 Å². The molecule has 10 nitrogen and oxygen atoms in total. The number of Topliss-reactive ketones (excluding diaryl/α,β-unsaturated/α-hetero) is 1. The summed E-state index contributed by atoms with van der Waals surface area (Å²) in [4.78, 5) is 28.6. The van der Waals surface area contributed by atoms with E-state index >= 15 is 0 Å². The number of aromatic nitrogens is 2. The first-order valence-electron chi connectivity index (χ1n) is 13.9. The van der Waals surface area contributed by atoms with Crippen molar-refractivity contribution in [3.05, 3.63) is 77.7 Å². The van der Waals surface area contributed by atoms with Gasteiger partial charge >= 0.3 is 0 Å². The van der Waals surface area contributed by atoms with Gasteiger partial charge in [-0.05, 0) is 67.9 Å². The Morgan fingerprint density at radius 3 is 2.69 bits per heavy atom. The van der Waals surface area contributed by atoms with Crippen LogP contribution < -0.4 is 19.5 Å². The molecule has 6 rings (SSSR count). The van der Waals surface area contributed by atoms with E-state index in [2.05, 4.69) is 15.3 Å². The number of aryl methyl sites for hydroxylation is 1. The largest absolute Gasteiger partial charge is 0.486 e. The van der Waals surface area contributed by atoms with Crippen LogP contribution >= 0.6 is 0 Å². The molecule has 2 atom stereocenters. The summed E-state index contributed by atoms with van der Waals surface area (Å²) in [7, 11) is 1.84. The highest BCUT2D eigenvalue weighted by Crippen LogP contribution is 2.36. The van der Waals surface area contributed by atoms with E-state index in [-0.39, 0.29) is 42.4 Å². The lowest BCUT2D eigenvalue weighted by atomic mass is 10.00. The van der Waals surface area contributed by atoms with Gasteiger partial charge in [-0.2, -0.15) is 5.10 Å². The topological polar surface area (TPSA) is 115 Å². The molecule has 42 heavy (non-hydrogen) atoms. The highest BCUT2D eigenvalue weighted by Gasteiger charge is 2.31. The van der Waals surface area contributed by atoms with Gasteiger partial charge in [0.2, 0.25) is 5.78 Å². The minimum Gasteiger partial charge on any atom is -0.486 e. The Balaban J connectivity index is 1.19. The Morgan fingerprint density at radius 2 is 1.86 bits per heavy atom. The van der Waals surface area contributed by atoms with Gasteiger partial charge in [-0.15, -0.1) is 0 Å². The van der Waals surface area contributed by atoms with Gasteiger partial charge < -0.3 is 29.5 Å². The van der Waals surface area contributed by atoms with Gasteiger partial charge in [-0.1, -0.05) is 12.1 Å². The molecule has 0 spiro atoms. The number of hydrogen-bond donors (Lipinski definition) is 2. The smallest absolute Gasteiger partial charge is 0.292 e. The molecule has 4 aromatic rings. The maximum Gasteiger partial charge on any atom is 0.292 e. The van der Waals surface area contributed by atoms with Gasteiger partial charge in [0.25, 0.3) is 5.91 Å². The van der Waals surface area contributed by atoms with Crippen LogP contribution in [0.1, 0.15) is 34.9 Å². The molecule has 2 unspecified atom stereocenters. The van der Waals surface area contributed by atoms with Crippen LogP contribution in [0.2, 0.25) is 0 Å². The van der Waals surface area contributed by atoms with E-state index in [9.17, 15) is 19.1 Å². The second kappa shape index (κ2) is 11.8. The number of carbonyl (C=O) groups is 2. The number of nitrogens with one attached hydrogen (secondary N) is 1. The van der Waals surface area contributed by atoms with Crippen molar-refractivity contribution < 1.29 is 33.3 Å². The first-order chi connectivity index (χ1) is 20.4. The average molecular weight is 575 g/mol. The maximum atomic E-state index is 14.8. The van der Waals surface area contributed by atoms with Crippen molar-refractivity contribution in [2.24, 2.45) is 7.05 Å². The van der Waals surface area contributed by atoms with Gasteiger partial charge in [-0.25, -0.2) is 4.39 Å². The Labute approximate surface area is 241 Å². The zero-order chi connectivity index (χ0) is 29.2. The molecule has 1 fully saturated rings. The Hall–Kier alpha value is -4.48. The number of halogens is 1. The van der Waals surface area contributed by atoms with E-state index in [4.69, 9.17) is 14.2 Å². The predicted molar refractivity (Wildman–Crippen MR) is 152 cm³/mol. The summed E-state index contributed by atoms with van der Waals surface area (Å²) < 4.78 is 33.3. The Kier molecular flexibility index (Phi) is 7.77. The number of aliphatic hydroxyl groups excluding tert-OH is 1. The summed E-state index contributed by atoms with van der Waals surface area (Å²) >= 11 is 0. The summed E-state index contributed by atoms with van der Waals surface area (Å²) in [6.45, 7) is 2.37. The summed E-state index contributed by atoms with van der Waals surface area (Å²) in [6, 6.07) is 13.7. The number of nitrogens with zero attached hydrogens (tertiary/aromatic N) is 3. The van der Waals surface area contributed by atoms with Crippen LogP contribution in [0.3, 0.4) is 0 Å². The summed E-state index contributed by atoms with van der Waals surface area (Å²) in [6.07, 6.45) is 2.45. The SMILES string of the molecule is Cn1ncc2ccc(Oc3cccc(C(=O)C(=O)NC(CN4CCCC4)C(O)c4cc(F)c5c(c4)OCCO5)c3)cc21. The fourth-order valence-electron chi connectivity index (χ4n) is 5.39. The normalized spacial score (nSPS) is 16.3. The molecular weight excluding hydrogens is 543 g/mol. The van der Waals surface area contributed by atoms with Crippen LogP contribution in [0.25, 0.3) is 10.9 Å². The van der Waals surface area contributed by atoms with Crippen molar-refractivity contribution in [3.8, 4) is 23.0 Å². The molecule has 0 bridgehead atoms. The van der Waals surface area contributed by atoms with Gasteiger partial charge in [0.05, 0.1) is 17.8 Å². The van der Waals surface area contributed by atoms with Crippen LogP contribution in [0.5, 0.6) is 23.0 Å². The molecule has 1 aromatic heterocycles. The number of aliphatic hydroxyl groups is 1. The van der Waals surface area contributed by atoms with Crippen LogP contribution in [-0.4, -0.2) is 70.4 Å². The third-order valence-electron chi connectivity index (χ3n) is 7.57. The number of ether oxygens (including phenoxy) is 3. The monoisotopic (exact) mass is 574 g/mol. The summed E-state index contributed by atoms with van der Waals surface area (Å²) in [5.41, 5.74) is 1.24. The zero-order valence-corrected chi connectivity index (χ0v) is 23.1. The Bertz CT molecular complexity index is 1630. The van der Waals surface area contributed by atoms with Crippen molar-refractivity contribution in [1.29, 1.82) is 0 Å². The maximum absolute atomic E-state index is 14.8. The highest BCUT2D eigenvalue weighted by atomic mass is 19.1. The minimum absolute atomic E-state index is 0.00477. The van der Waals surface area contributed by atoms with Crippen LogP contribution in [0, 0.1) is 5.82 Å². The third-order valence-corrected chi connectivity index (χ3v) is 7.57. The number of carbonyl (C=O) groups excluding carboxylic acids is 2. The minimum atomic E-state index is -1.30. The van der Waals surface area contributed by atoms with Gasteiger partial charge in [0, 0.05) is 30.6 Å². The van der Waals surface area contributed by atoms with E-state index in [1.165, 1.54) is 24.3 Å². The number of fused-ring (bicyclic) bond motifs is 2. The van der Waals surface area contributed by atoms with E-state index in [1.807, 2.05) is 19.2 Å². The second-order valence-electron chi connectivity index (χ2n) is 10.5. The van der Waals surface area contributed by atoms with Crippen LogP contribution in [0.15, 0.2) is 60.8 Å². The number of likely N-dealkylation sites (tertiary alicyclic amines) is 1. The summed E-state index contributed by atoms with van der Waals surface area (Å²) in [5.74, 6) is -1.20. The molecule has 1 saturated heterocycles. The lowest BCUT2D eigenvalue weighted by Crippen LogP contribution is -2.48. The lowest BCUT2D eigenvalue weighted by molar-refractivity contribution is -0.118. The molecule has 0 radical (unpaired) electrons. The highest BCUT2D eigenvalue weighted by molar-refractivity contribution is 6.42. The summed E-state index contributed by atoms with van der Waals surface area (Å²) in [5, 5.41) is 19.2. The number of ketones is 1.